The van der Waals surface area contributed by atoms with Crippen molar-refractivity contribution in [1.82, 2.24) is 19.1 Å². The van der Waals surface area contributed by atoms with E-state index in [4.69, 9.17) is 9.97 Å². The molecule has 0 atom stereocenters. The van der Waals surface area contributed by atoms with Crippen molar-refractivity contribution in [2.75, 3.05) is 0 Å². The van der Waals surface area contributed by atoms with E-state index in [1.807, 2.05) is 12.1 Å². The quantitative estimate of drug-likeness (QED) is 0.161. The molecule has 0 N–H and O–H groups in total. The molecule has 3 heterocycles. The third-order valence-electron chi connectivity index (χ3n) is 12.1. The lowest BCUT2D eigenvalue weighted by atomic mass is 9.97. The molecule has 12 aromatic rings. The van der Waals surface area contributed by atoms with Gasteiger partial charge in [0.1, 0.15) is 0 Å². The summed E-state index contributed by atoms with van der Waals surface area (Å²) < 4.78 is 4.86. The van der Waals surface area contributed by atoms with Gasteiger partial charge in [-0.1, -0.05) is 170 Å². The molecule has 0 aliphatic heterocycles. The molecule has 290 valence electrons. The second kappa shape index (κ2) is 14.7. The summed E-state index contributed by atoms with van der Waals surface area (Å²) in [5.41, 5.74) is 16.5. The topological polar surface area (TPSA) is 35.6 Å². The summed E-state index contributed by atoms with van der Waals surface area (Å²) >= 11 is 0. The van der Waals surface area contributed by atoms with Gasteiger partial charge in [0.25, 0.3) is 0 Å². The molecule has 0 fully saturated rings. The van der Waals surface area contributed by atoms with Gasteiger partial charge >= 0.3 is 0 Å². The van der Waals surface area contributed by atoms with E-state index >= 15 is 0 Å². The van der Waals surface area contributed by atoms with Gasteiger partial charge in [0.15, 0.2) is 5.82 Å². The number of fused-ring (bicyclic) bond motifs is 6. The predicted molar refractivity (Wildman–Crippen MR) is 258 cm³/mol. The number of para-hydroxylation sites is 5. The van der Waals surface area contributed by atoms with Gasteiger partial charge in [0, 0.05) is 38.2 Å². The Morgan fingerprint density at radius 1 is 0.242 bits per heavy atom. The Labute approximate surface area is 359 Å². The summed E-state index contributed by atoms with van der Waals surface area (Å²) in [4.78, 5) is 10.2. The second-order valence-corrected chi connectivity index (χ2v) is 15.8. The molecule has 0 radical (unpaired) electrons. The van der Waals surface area contributed by atoms with Gasteiger partial charge in [-0.3, -0.25) is 0 Å². The van der Waals surface area contributed by atoms with E-state index in [0.29, 0.717) is 5.82 Å². The van der Waals surface area contributed by atoms with Crippen LogP contribution in [0.1, 0.15) is 0 Å². The largest absolute Gasteiger partial charge is 0.307 e. The van der Waals surface area contributed by atoms with Gasteiger partial charge in [-0.2, -0.15) is 0 Å². The summed E-state index contributed by atoms with van der Waals surface area (Å²) in [7, 11) is 0. The zero-order valence-corrected chi connectivity index (χ0v) is 33.7. The molecule has 4 nitrogen and oxygen atoms in total. The van der Waals surface area contributed by atoms with Crippen LogP contribution in [0.15, 0.2) is 231 Å². The summed E-state index contributed by atoms with van der Waals surface area (Å²) in [5.74, 6) is 0.699. The number of aromatic nitrogens is 4. The van der Waals surface area contributed by atoms with Crippen molar-refractivity contribution in [2.24, 2.45) is 0 Å². The SMILES string of the molecule is c1ccc(-c2cc(-c3ccccc3)nc(-c3cccc(-c4cccc(-c5ccc6c(c5)c5ccccc5n6-c5ccccc5-n5c6ccccc6c6ccccc65)c4)c3)n2)cc1. The van der Waals surface area contributed by atoms with Crippen LogP contribution in [0.3, 0.4) is 0 Å². The van der Waals surface area contributed by atoms with E-state index in [9.17, 15) is 0 Å². The van der Waals surface area contributed by atoms with Gasteiger partial charge in [-0.05, 0) is 82.9 Å². The third kappa shape index (κ3) is 6.00. The average Bonchev–Trinajstić information content (AvgIpc) is 3.87. The summed E-state index contributed by atoms with van der Waals surface area (Å²) in [6.07, 6.45) is 0. The van der Waals surface area contributed by atoms with E-state index < -0.39 is 0 Å². The molecule has 0 spiro atoms. The van der Waals surface area contributed by atoms with Crippen molar-refractivity contribution in [2.45, 2.75) is 0 Å². The van der Waals surface area contributed by atoms with Gasteiger partial charge < -0.3 is 9.13 Å². The molecule has 0 saturated heterocycles. The van der Waals surface area contributed by atoms with E-state index in [0.717, 1.165) is 56.1 Å². The van der Waals surface area contributed by atoms with Gasteiger partial charge in [0.2, 0.25) is 0 Å². The number of benzene rings is 9. The highest BCUT2D eigenvalue weighted by atomic mass is 15.1. The third-order valence-corrected chi connectivity index (χ3v) is 12.1. The highest BCUT2D eigenvalue weighted by molar-refractivity contribution is 6.12. The van der Waals surface area contributed by atoms with Crippen molar-refractivity contribution in [3.63, 3.8) is 0 Å². The lowest BCUT2D eigenvalue weighted by molar-refractivity contribution is 1.10. The first-order valence-electron chi connectivity index (χ1n) is 21.1. The van der Waals surface area contributed by atoms with Crippen LogP contribution in [0.4, 0.5) is 0 Å². The van der Waals surface area contributed by atoms with E-state index in [1.165, 1.54) is 49.2 Å². The Morgan fingerprint density at radius 3 is 1.13 bits per heavy atom. The fourth-order valence-electron chi connectivity index (χ4n) is 9.24. The Bertz CT molecular complexity index is 3520. The molecular weight excluding hydrogens is 753 g/mol. The molecule has 0 aliphatic rings. The molecule has 0 aliphatic carbocycles. The van der Waals surface area contributed by atoms with Crippen LogP contribution in [0.25, 0.3) is 111 Å². The second-order valence-electron chi connectivity index (χ2n) is 15.8. The van der Waals surface area contributed by atoms with Crippen molar-refractivity contribution < 1.29 is 0 Å². The first-order valence-corrected chi connectivity index (χ1v) is 21.1. The summed E-state index contributed by atoms with van der Waals surface area (Å²) in [6.45, 7) is 0. The summed E-state index contributed by atoms with van der Waals surface area (Å²) in [5, 5.41) is 4.94. The first kappa shape index (κ1) is 35.6. The molecule has 9 aromatic carbocycles. The normalized spacial score (nSPS) is 11.5. The molecule has 3 aromatic heterocycles. The molecule has 0 saturated carbocycles. The average molecular weight is 791 g/mol. The van der Waals surface area contributed by atoms with E-state index in [1.54, 1.807) is 0 Å². The van der Waals surface area contributed by atoms with Crippen molar-refractivity contribution in [1.29, 1.82) is 0 Å². The molecule has 4 heteroatoms. The zero-order chi connectivity index (χ0) is 41.0. The van der Waals surface area contributed by atoms with Crippen LogP contribution in [-0.2, 0) is 0 Å². The lowest BCUT2D eigenvalue weighted by Crippen LogP contribution is -2.03. The van der Waals surface area contributed by atoms with Crippen LogP contribution in [-0.4, -0.2) is 19.1 Å². The molecular formula is C58H38N4. The predicted octanol–water partition coefficient (Wildman–Crippen LogP) is 15.0. The highest BCUT2D eigenvalue weighted by Crippen LogP contribution is 2.40. The van der Waals surface area contributed by atoms with Crippen LogP contribution in [0.2, 0.25) is 0 Å². The molecule has 0 unspecified atom stereocenters. The van der Waals surface area contributed by atoms with Crippen LogP contribution < -0.4 is 0 Å². The van der Waals surface area contributed by atoms with E-state index in [2.05, 4.69) is 228 Å². The maximum atomic E-state index is 5.11. The Hall–Kier alpha value is -8.34. The molecule has 0 bridgehead atoms. The Balaban J connectivity index is 0.956. The van der Waals surface area contributed by atoms with Gasteiger partial charge in [-0.15, -0.1) is 0 Å². The maximum absolute atomic E-state index is 5.11. The zero-order valence-electron chi connectivity index (χ0n) is 33.7. The minimum Gasteiger partial charge on any atom is -0.307 e. The standard InChI is InChI=1S/C58H38N4/c1-3-17-39(18-4-1)50-38-51(40-19-5-2-6-20-40)60-58(59-50)45-24-16-23-43(36-45)41-21-15-22-42(35-41)44-33-34-55-49(37-44)48-27-9-12-30-54(48)62(55)57-32-14-13-31-56(57)61-52-28-10-7-25-46(52)47-26-8-11-29-53(47)61/h1-38H. The maximum Gasteiger partial charge on any atom is 0.160 e. The minimum atomic E-state index is 0.699. The number of rotatable bonds is 7. The Morgan fingerprint density at radius 2 is 0.613 bits per heavy atom. The fraction of sp³-hybridized carbons (Fsp3) is 0. The number of nitrogens with zero attached hydrogens (tertiary/aromatic N) is 4. The van der Waals surface area contributed by atoms with Crippen LogP contribution in [0, 0.1) is 0 Å². The van der Waals surface area contributed by atoms with Crippen LogP contribution >= 0.6 is 0 Å². The monoisotopic (exact) mass is 790 g/mol. The van der Waals surface area contributed by atoms with E-state index in [-0.39, 0.29) is 0 Å². The van der Waals surface area contributed by atoms with Crippen molar-refractivity contribution >= 4 is 43.6 Å². The number of hydrogen-bond acceptors (Lipinski definition) is 2. The summed E-state index contributed by atoms with van der Waals surface area (Å²) in [6, 6.07) is 82.2. The molecule has 62 heavy (non-hydrogen) atoms. The van der Waals surface area contributed by atoms with Gasteiger partial charge in [-0.25, -0.2) is 9.97 Å². The molecule has 0 amide bonds. The minimum absolute atomic E-state index is 0.699. The van der Waals surface area contributed by atoms with Crippen molar-refractivity contribution in [3.05, 3.63) is 231 Å². The number of hydrogen-bond donors (Lipinski definition) is 0. The Kier molecular flexibility index (Phi) is 8.46. The van der Waals surface area contributed by atoms with Crippen molar-refractivity contribution in [3.8, 4) is 67.5 Å². The molecule has 12 rings (SSSR count). The lowest BCUT2D eigenvalue weighted by Gasteiger charge is -2.16. The highest BCUT2D eigenvalue weighted by Gasteiger charge is 2.19. The first-order chi connectivity index (χ1) is 30.7. The fourth-order valence-corrected chi connectivity index (χ4v) is 9.24. The van der Waals surface area contributed by atoms with Crippen LogP contribution in [0.5, 0.6) is 0 Å². The van der Waals surface area contributed by atoms with Gasteiger partial charge in [0.05, 0.1) is 44.8 Å². The smallest absolute Gasteiger partial charge is 0.160 e.